The fourth-order valence-corrected chi connectivity index (χ4v) is 1.13. The topological polar surface area (TPSA) is 90.4 Å². The van der Waals surface area contributed by atoms with Crippen molar-refractivity contribution in [3.63, 3.8) is 0 Å². The van der Waals surface area contributed by atoms with Crippen molar-refractivity contribution in [1.29, 1.82) is 0 Å². The average molecular weight is 209 g/mol. The summed E-state index contributed by atoms with van der Waals surface area (Å²) in [5.74, 6) is 0. The predicted molar refractivity (Wildman–Crippen MR) is 60.6 cm³/mol. The van der Waals surface area contributed by atoms with Crippen LogP contribution in [0.1, 0.15) is 12.5 Å². The molecule has 1 amide bonds. The first kappa shape index (κ1) is 11.2. The van der Waals surface area contributed by atoms with Crippen LogP contribution in [0.15, 0.2) is 12.1 Å². The van der Waals surface area contributed by atoms with E-state index in [0.29, 0.717) is 23.7 Å². The highest BCUT2D eigenvalue weighted by Crippen LogP contribution is 2.26. The summed E-state index contributed by atoms with van der Waals surface area (Å²) in [6.07, 6.45) is -0.520. The summed E-state index contributed by atoms with van der Waals surface area (Å²) in [4.78, 5) is 11.1. The first-order valence-corrected chi connectivity index (χ1v) is 4.64. The summed E-state index contributed by atoms with van der Waals surface area (Å²) in [5, 5.41) is 2.54. The number of hydrogen-bond donors (Lipinski definition) is 3. The highest BCUT2D eigenvalue weighted by molar-refractivity contribution is 5.90. The van der Waals surface area contributed by atoms with Crippen LogP contribution >= 0.6 is 0 Å². The number of rotatable bonds is 2. The molecule has 0 heterocycles. The fraction of sp³-hybridized carbons (Fsp3) is 0.300. The lowest BCUT2D eigenvalue weighted by molar-refractivity contribution is 0.168. The van der Waals surface area contributed by atoms with Gasteiger partial charge in [-0.05, 0) is 31.5 Å². The Hall–Kier alpha value is -1.91. The minimum Gasteiger partial charge on any atom is -0.450 e. The standard InChI is InChI=1S/C10H15N3O2/c1-3-15-10(14)13-8-5-4-7(11)6(2)9(8)12/h4-5H,3,11-12H2,1-2H3,(H,13,14). The molecule has 5 N–H and O–H groups in total. The molecule has 1 rings (SSSR count). The molecule has 0 saturated heterocycles. The summed E-state index contributed by atoms with van der Waals surface area (Å²) in [7, 11) is 0. The van der Waals surface area contributed by atoms with Gasteiger partial charge in [-0.25, -0.2) is 4.79 Å². The number of nitrogens with two attached hydrogens (primary N) is 2. The van der Waals surface area contributed by atoms with Crippen LogP contribution < -0.4 is 16.8 Å². The highest BCUT2D eigenvalue weighted by atomic mass is 16.5. The second-order valence-corrected chi connectivity index (χ2v) is 3.09. The molecular formula is C10H15N3O2. The Bertz CT molecular complexity index is 377. The molecule has 5 heteroatoms. The summed E-state index contributed by atoms with van der Waals surface area (Å²) < 4.78 is 4.73. The van der Waals surface area contributed by atoms with Crippen LogP contribution in [0, 0.1) is 6.92 Å². The summed E-state index contributed by atoms with van der Waals surface area (Å²) in [6.45, 7) is 3.85. The summed E-state index contributed by atoms with van der Waals surface area (Å²) in [5.41, 5.74) is 13.8. The van der Waals surface area contributed by atoms with Gasteiger partial charge in [-0.2, -0.15) is 0 Å². The number of nitrogen functional groups attached to an aromatic ring is 2. The van der Waals surface area contributed by atoms with Gasteiger partial charge in [-0.1, -0.05) is 0 Å². The number of hydrogen-bond acceptors (Lipinski definition) is 4. The normalized spacial score (nSPS) is 9.73. The zero-order valence-electron chi connectivity index (χ0n) is 8.83. The Morgan fingerprint density at radius 2 is 2.13 bits per heavy atom. The second kappa shape index (κ2) is 4.54. The lowest BCUT2D eigenvalue weighted by Gasteiger charge is -2.11. The molecule has 0 aromatic heterocycles. The zero-order chi connectivity index (χ0) is 11.4. The summed E-state index contributed by atoms with van der Waals surface area (Å²) in [6, 6.07) is 3.34. The lowest BCUT2D eigenvalue weighted by Crippen LogP contribution is -2.15. The molecule has 82 valence electrons. The molecule has 15 heavy (non-hydrogen) atoms. The maximum atomic E-state index is 11.1. The van der Waals surface area contributed by atoms with Gasteiger partial charge in [0, 0.05) is 5.69 Å². The SMILES string of the molecule is CCOC(=O)Nc1ccc(N)c(C)c1N. The van der Waals surface area contributed by atoms with Gasteiger partial charge in [-0.3, -0.25) is 5.32 Å². The smallest absolute Gasteiger partial charge is 0.411 e. The fourth-order valence-electron chi connectivity index (χ4n) is 1.13. The Morgan fingerprint density at radius 1 is 1.47 bits per heavy atom. The Morgan fingerprint density at radius 3 is 2.73 bits per heavy atom. The van der Waals surface area contributed by atoms with Crippen molar-refractivity contribution < 1.29 is 9.53 Å². The first-order chi connectivity index (χ1) is 7.06. The van der Waals surface area contributed by atoms with E-state index >= 15 is 0 Å². The predicted octanol–water partition coefficient (Wildman–Crippen LogP) is 1.73. The van der Waals surface area contributed by atoms with Gasteiger partial charge in [0.1, 0.15) is 0 Å². The van der Waals surface area contributed by atoms with E-state index in [1.807, 2.05) is 0 Å². The molecular weight excluding hydrogens is 194 g/mol. The van der Waals surface area contributed by atoms with Crippen molar-refractivity contribution in [3.05, 3.63) is 17.7 Å². The largest absolute Gasteiger partial charge is 0.450 e. The first-order valence-electron chi connectivity index (χ1n) is 4.64. The van der Waals surface area contributed by atoms with E-state index in [1.54, 1.807) is 26.0 Å². The van der Waals surface area contributed by atoms with Gasteiger partial charge < -0.3 is 16.2 Å². The number of nitrogens with one attached hydrogen (secondary N) is 1. The number of carbonyl (C=O) groups excluding carboxylic acids is 1. The number of benzene rings is 1. The van der Waals surface area contributed by atoms with E-state index in [2.05, 4.69) is 5.32 Å². The van der Waals surface area contributed by atoms with Crippen molar-refractivity contribution in [1.82, 2.24) is 0 Å². The number of carbonyl (C=O) groups is 1. The molecule has 1 aromatic rings. The molecule has 1 aromatic carbocycles. The van der Waals surface area contributed by atoms with Crippen LogP contribution in [0.4, 0.5) is 21.9 Å². The molecule has 0 unspecified atom stereocenters. The monoisotopic (exact) mass is 209 g/mol. The van der Waals surface area contributed by atoms with Crippen LogP contribution in [0.5, 0.6) is 0 Å². The van der Waals surface area contributed by atoms with Crippen LogP contribution in [0.3, 0.4) is 0 Å². The third-order valence-electron chi connectivity index (χ3n) is 2.07. The van der Waals surface area contributed by atoms with E-state index in [1.165, 1.54) is 0 Å². The van der Waals surface area contributed by atoms with Gasteiger partial charge >= 0.3 is 6.09 Å². The number of ether oxygens (including phenoxy) is 1. The van der Waals surface area contributed by atoms with E-state index in [-0.39, 0.29) is 0 Å². The van der Waals surface area contributed by atoms with E-state index in [9.17, 15) is 4.79 Å². The Balaban J connectivity index is 2.87. The lowest BCUT2D eigenvalue weighted by atomic mass is 10.1. The highest BCUT2D eigenvalue weighted by Gasteiger charge is 2.08. The van der Waals surface area contributed by atoms with Crippen LogP contribution in [-0.4, -0.2) is 12.7 Å². The van der Waals surface area contributed by atoms with Crippen molar-refractivity contribution in [2.24, 2.45) is 0 Å². The van der Waals surface area contributed by atoms with Gasteiger partial charge in [-0.15, -0.1) is 0 Å². The van der Waals surface area contributed by atoms with Crippen LogP contribution in [0.2, 0.25) is 0 Å². The van der Waals surface area contributed by atoms with E-state index < -0.39 is 6.09 Å². The van der Waals surface area contributed by atoms with E-state index in [0.717, 1.165) is 5.56 Å². The molecule has 0 fully saturated rings. The van der Waals surface area contributed by atoms with Crippen molar-refractivity contribution in [3.8, 4) is 0 Å². The van der Waals surface area contributed by atoms with Gasteiger partial charge in [0.25, 0.3) is 0 Å². The third kappa shape index (κ3) is 2.52. The number of anilines is 3. The van der Waals surface area contributed by atoms with Crippen LogP contribution in [-0.2, 0) is 4.74 Å². The molecule has 0 bridgehead atoms. The zero-order valence-corrected chi connectivity index (χ0v) is 8.83. The van der Waals surface area contributed by atoms with Crippen molar-refractivity contribution in [2.45, 2.75) is 13.8 Å². The third-order valence-corrected chi connectivity index (χ3v) is 2.07. The molecule has 0 spiro atoms. The minimum absolute atomic E-state index is 0.319. The average Bonchev–Trinajstić information content (AvgIpc) is 2.20. The quantitative estimate of drug-likeness (QED) is 0.647. The van der Waals surface area contributed by atoms with Crippen molar-refractivity contribution >= 4 is 23.2 Å². The molecule has 0 atom stereocenters. The van der Waals surface area contributed by atoms with Gasteiger partial charge in [0.15, 0.2) is 0 Å². The van der Waals surface area contributed by atoms with E-state index in [4.69, 9.17) is 16.2 Å². The molecule has 0 aliphatic carbocycles. The van der Waals surface area contributed by atoms with Crippen LogP contribution in [0.25, 0.3) is 0 Å². The molecule has 0 saturated carbocycles. The number of amides is 1. The minimum atomic E-state index is -0.520. The van der Waals surface area contributed by atoms with Gasteiger partial charge in [0.05, 0.1) is 18.0 Å². The molecule has 5 nitrogen and oxygen atoms in total. The molecule has 0 aliphatic heterocycles. The summed E-state index contributed by atoms with van der Waals surface area (Å²) >= 11 is 0. The van der Waals surface area contributed by atoms with Gasteiger partial charge in [0.2, 0.25) is 0 Å². The Kier molecular flexibility index (Phi) is 3.38. The second-order valence-electron chi connectivity index (χ2n) is 3.09. The maximum absolute atomic E-state index is 11.1. The molecule has 0 aliphatic rings. The van der Waals surface area contributed by atoms with Crippen molar-refractivity contribution in [2.75, 3.05) is 23.4 Å². The molecule has 0 radical (unpaired) electrons. The maximum Gasteiger partial charge on any atom is 0.411 e. The Labute approximate surface area is 88.4 Å².